The van der Waals surface area contributed by atoms with Crippen molar-refractivity contribution in [3.05, 3.63) is 64.1 Å². The van der Waals surface area contributed by atoms with Crippen molar-refractivity contribution >= 4 is 27.8 Å². The van der Waals surface area contributed by atoms with Gasteiger partial charge in [0.1, 0.15) is 0 Å². The predicted molar refractivity (Wildman–Crippen MR) is 76.5 cm³/mol. The first-order valence-corrected chi connectivity index (χ1v) is 6.12. The van der Waals surface area contributed by atoms with Crippen LogP contribution in [0.1, 0.15) is 11.1 Å². The highest BCUT2D eigenvalue weighted by Crippen LogP contribution is 2.14. The predicted octanol–water partition coefficient (Wildman–Crippen LogP) is 3.77. The van der Waals surface area contributed by atoms with Crippen molar-refractivity contribution in [1.29, 1.82) is 5.26 Å². The van der Waals surface area contributed by atoms with Gasteiger partial charge in [-0.25, -0.2) is 0 Å². The lowest BCUT2D eigenvalue weighted by atomic mass is 10.2. The lowest BCUT2D eigenvalue weighted by Crippen LogP contribution is -1.91. The number of anilines is 1. The van der Waals surface area contributed by atoms with Gasteiger partial charge in [-0.05, 0) is 30.3 Å². The van der Waals surface area contributed by atoms with Crippen LogP contribution in [0.15, 0.2) is 58.1 Å². The molecular weight excluding hydrogens is 290 g/mol. The van der Waals surface area contributed by atoms with Crippen LogP contribution in [0.4, 0.5) is 5.69 Å². The van der Waals surface area contributed by atoms with Crippen LogP contribution in [0.3, 0.4) is 0 Å². The Hall–Kier alpha value is -2.12. The molecule has 4 heteroatoms. The Morgan fingerprint density at radius 2 is 1.83 bits per heavy atom. The third kappa shape index (κ3) is 3.19. The normalized spacial score (nSPS) is 10.2. The highest BCUT2D eigenvalue weighted by atomic mass is 79.9. The molecule has 18 heavy (non-hydrogen) atoms. The van der Waals surface area contributed by atoms with E-state index in [4.69, 9.17) is 5.26 Å². The summed E-state index contributed by atoms with van der Waals surface area (Å²) in [4.78, 5) is 0. The van der Waals surface area contributed by atoms with Crippen LogP contribution in [-0.2, 0) is 0 Å². The van der Waals surface area contributed by atoms with Crippen LogP contribution in [-0.4, -0.2) is 6.21 Å². The first-order chi connectivity index (χ1) is 8.79. The van der Waals surface area contributed by atoms with Crippen LogP contribution in [0.5, 0.6) is 0 Å². The van der Waals surface area contributed by atoms with E-state index in [1.807, 2.05) is 36.4 Å². The summed E-state index contributed by atoms with van der Waals surface area (Å²) in [5.41, 5.74) is 5.39. The number of hydrazone groups is 1. The third-order valence-electron chi connectivity index (χ3n) is 2.32. The Morgan fingerprint density at radius 3 is 2.50 bits per heavy atom. The summed E-state index contributed by atoms with van der Waals surface area (Å²) in [6.45, 7) is 0. The summed E-state index contributed by atoms with van der Waals surface area (Å²) in [5, 5.41) is 12.8. The first-order valence-electron chi connectivity index (χ1n) is 5.33. The molecule has 0 aliphatic carbocycles. The van der Waals surface area contributed by atoms with Gasteiger partial charge >= 0.3 is 0 Å². The zero-order valence-corrected chi connectivity index (χ0v) is 11.1. The Labute approximate surface area is 114 Å². The molecule has 0 atom stereocenters. The Bertz CT molecular complexity index is 597. The molecule has 0 amide bonds. The Morgan fingerprint density at radius 1 is 1.11 bits per heavy atom. The fourth-order valence-corrected chi connectivity index (χ4v) is 1.76. The minimum atomic E-state index is 0.635. The number of hydrogen-bond donors (Lipinski definition) is 1. The van der Waals surface area contributed by atoms with E-state index in [2.05, 4.69) is 32.5 Å². The average Bonchev–Trinajstić information content (AvgIpc) is 2.42. The molecule has 2 aromatic carbocycles. The van der Waals surface area contributed by atoms with E-state index < -0.39 is 0 Å². The molecule has 0 radical (unpaired) electrons. The zero-order valence-electron chi connectivity index (χ0n) is 9.47. The number of halogens is 1. The van der Waals surface area contributed by atoms with Gasteiger partial charge in [-0.2, -0.15) is 10.4 Å². The molecule has 2 aromatic rings. The van der Waals surface area contributed by atoms with Crippen molar-refractivity contribution in [3.63, 3.8) is 0 Å². The van der Waals surface area contributed by atoms with Crippen LogP contribution in [0.2, 0.25) is 0 Å². The van der Waals surface area contributed by atoms with Gasteiger partial charge in [-0.15, -0.1) is 0 Å². The molecule has 88 valence electrons. The molecule has 0 aromatic heterocycles. The third-order valence-corrected chi connectivity index (χ3v) is 3.04. The minimum absolute atomic E-state index is 0.635. The minimum Gasteiger partial charge on any atom is -0.279 e. The van der Waals surface area contributed by atoms with Gasteiger partial charge < -0.3 is 0 Å². The van der Waals surface area contributed by atoms with Crippen LogP contribution < -0.4 is 5.43 Å². The van der Waals surface area contributed by atoms with Crippen molar-refractivity contribution in [2.75, 3.05) is 5.43 Å². The number of nitrogens with zero attached hydrogens (tertiary/aromatic N) is 2. The molecule has 0 saturated carbocycles. The molecule has 0 fully saturated rings. The fourth-order valence-electron chi connectivity index (χ4n) is 1.38. The molecule has 0 unspecified atom stereocenters. The van der Waals surface area contributed by atoms with Gasteiger partial charge in [0, 0.05) is 10.0 Å². The molecule has 2 rings (SSSR count). The second kappa shape index (κ2) is 5.99. The van der Waals surface area contributed by atoms with E-state index in [0.29, 0.717) is 5.56 Å². The van der Waals surface area contributed by atoms with Gasteiger partial charge in [0.15, 0.2) is 0 Å². The molecule has 0 bridgehead atoms. The maximum Gasteiger partial charge on any atom is 0.0991 e. The molecule has 3 nitrogen and oxygen atoms in total. The number of rotatable bonds is 3. The number of nitrogens with one attached hydrogen (secondary N) is 1. The Kier molecular flexibility index (Phi) is 4.11. The first kappa shape index (κ1) is 12.3. The molecule has 0 saturated heterocycles. The topological polar surface area (TPSA) is 48.2 Å². The number of hydrogen-bond acceptors (Lipinski definition) is 3. The summed E-state index contributed by atoms with van der Waals surface area (Å²) in [6, 6.07) is 17.0. The largest absolute Gasteiger partial charge is 0.279 e. The number of nitriles is 1. The maximum atomic E-state index is 8.68. The van der Waals surface area contributed by atoms with Crippen LogP contribution in [0, 0.1) is 11.3 Å². The molecule has 0 aliphatic rings. The summed E-state index contributed by atoms with van der Waals surface area (Å²) >= 11 is 3.45. The second-order valence-electron chi connectivity index (χ2n) is 3.58. The molecule has 0 aliphatic heterocycles. The lowest BCUT2D eigenvalue weighted by Gasteiger charge is -2.00. The quantitative estimate of drug-likeness (QED) is 0.693. The summed E-state index contributed by atoms with van der Waals surface area (Å²) < 4.78 is 0.996. The van der Waals surface area contributed by atoms with Gasteiger partial charge in [-0.3, -0.25) is 5.43 Å². The highest BCUT2D eigenvalue weighted by Gasteiger charge is 1.94. The van der Waals surface area contributed by atoms with Crippen molar-refractivity contribution in [2.24, 2.45) is 5.10 Å². The zero-order chi connectivity index (χ0) is 12.8. The van der Waals surface area contributed by atoms with Crippen molar-refractivity contribution < 1.29 is 0 Å². The van der Waals surface area contributed by atoms with Gasteiger partial charge in [0.25, 0.3) is 0 Å². The van der Waals surface area contributed by atoms with E-state index in [0.717, 1.165) is 15.7 Å². The fraction of sp³-hybridized carbons (Fsp3) is 0. The number of benzene rings is 2. The maximum absolute atomic E-state index is 8.68. The van der Waals surface area contributed by atoms with Crippen molar-refractivity contribution in [2.45, 2.75) is 0 Å². The van der Waals surface area contributed by atoms with Gasteiger partial charge in [0.2, 0.25) is 0 Å². The lowest BCUT2D eigenvalue weighted by molar-refractivity contribution is 1.34. The summed E-state index contributed by atoms with van der Waals surface area (Å²) in [5.74, 6) is 0. The summed E-state index contributed by atoms with van der Waals surface area (Å²) in [6.07, 6.45) is 1.74. The Balaban J connectivity index is 2.03. The molecular formula is C14H10BrN3. The average molecular weight is 300 g/mol. The summed E-state index contributed by atoms with van der Waals surface area (Å²) in [7, 11) is 0. The molecule has 0 heterocycles. The van der Waals surface area contributed by atoms with Crippen molar-refractivity contribution in [3.8, 4) is 6.07 Å². The second-order valence-corrected chi connectivity index (χ2v) is 4.44. The van der Waals surface area contributed by atoms with Gasteiger partial charge in [0.05, 0.1) is 23.5 Å². The highest BCUT2D eigenvalue weighted by molar-refractivity contribution is 9.10. The monoisotopic (exact) mass is 299 g/mol. The van der Waals surface area contributed by atoms with Gasteiger partial charge in [-0.1, -0.05) is 34.1 Å². The van der Waals surface area contributed by atoms with E-state index in [1.165, 1.54) is 0 Å². The van der Waals surface area contributed by atoms with E-state index >= 15 is 0 Å². The SMILES string of the molecule is N#Cc1ccc(NN=Cc2ccccc2Br)cc1. The van der Waals surface area contributed by atoms with E-state index in [1.54, 1.807) is 18.3 Å². The van der Waals surface area contributed by atoms with E-state index in [-0.39, 0.29) is 0 Å². The molecule has 0 spiro atoms. The standard InChI is InChI=1S/C14H10BrN3/c15-14-4-2-1-3-12(14)10-17-18-13-7-5-11(9-16)6-8-13/h1-8,10,18H. The van der Waals surface area contributed by atoms with E-state index in [9.17, 15) is 0 Å². The smallest absolute Gasteiger partial charge is 0.0991 e. The van der Waals surface area contributed by atoms with Crippen LogP contribution >= 0.6 is 15.9 Å². The van der Waals surface area contributed by atoms with Crippen LogP contribution in [0.25, 0.3) is 0 Å². The van der Waals surface area contributed by atoms with Crippen molar-refractivity contribution in [1.82, 2.24) is 0 Å². The molecule has 1 N–H and O–H groups in total.